The number of alkyl halides is 1. The van der Waals surface area contributed by atoms with Gasteiger partial charge in [-0.3, -0.25) is 9.71 Å². The Balaban J connectivity index is 2.30. The van der Waals surface area contributed by atoms with Crippen molar-refractivity contribution in [1.82, 2.24) is 9.97 Å². The molecule has 0 spiro atoms. The number of nitrogens with zero attached hydrogens (tertiary/aromatic N) is 2. The van der Waals surface area contributed by atoms with Crippen LogP contribution in [0.15, 0.2) is 12.4 Å². The molecule has 2 rings (SSSR count). The number of carbonyl (C=O) groups excluding carboxylic acids is 1. The number of aromatic nitrogens is 2. The number of methoxy groups -OCH3 is 1. The Morgan fingerprint density at radius 1 is 1.52 bits per heavy atom. The van der Waals surface area contributed by atoms with Crippen LogP contribution in [0.1, 0.15) is 31.9 Å². The second-order valence-corrected chi connectivity index (χ2v) is 6.74. The van der Waals surface area contributed by atoms with Crippen molar-refractivity contribution in [3.63, 3.8) is 0 Å². The quantitative estimate of drug-likeness (QED) is 0.790. The van der Waals surface area contributed by atoms with Gasteiger partial charge < -0.3 is 4.74 Å². The van der Waals surface area contributed by atoms with E-state index >= 15 is 0 Å². The third-order valence-electron chi connectivity index (χ3n) is 3.25. The third-order valence-corrected chi connectivity index (χ3v) is 5.09. The van der Waals surface area contributed by atoms with E-state index in [1.54, 1.807) is 0 Å². The van der Waals surface area contributed by atoms with Gasteiger partial charge in [-0.25, -0.2) is 22.6 Å². The van der Waals surface area contributed by atoms with Crippen LogP contribution in [0.25, 0.3) is 0 Å². The summed E-state index contributed by atoms with van der Waals surface area (Å²) in [6.07, 6.45) is 3.22. The van der Waals surface area contributed by atoms with Gasteiger partial charge in [0.1, 0.15) is 5.69 Å². The van der Waals surface area contributed by atoms with Crippen molar-refractivity contribution in [3.05, 3.63) is 18.1 Å². The molecule has 1 atom stereocenters. The van der Waals surface area contributed by atoms with Crippen molar-refractivity contribution in [1.29, 1.82) is 0 Å². The SMILES string of the molecule is CCC(F)(C(=O)OC)c1cncc(NS(=O)(=O)C2CC2)n1. The van der Waals surface area contributed by atoms with Crippen LogP contribution in [0.3, 0.4) is 0 Å². The molecule has 1 aromatic heterocycles. The van der Waals surface area contributed by atoms with Crippen LogP contribution in [0.4, 0.5) is 10.2 Å². The van der Waals surface area contributed by atoms with Gasteiger partial charge in [-0.2, -0.15) is 0 Å². The predicted octanol–water partition coefficient (Wildman–Crippen LogP) is 1.13. The highest BCUT2D eigenvalue weighted by atomic mass is 32.2. The lowest BCUT2D eigenvalue weighted by molar-refractivity contribution is -0.156. The summed E-state index contributed by atoms with van der Waals surface area (Å²) < 4.78 is 45.0. The Hall–Kier alpha value is -1.77. The number of rotatable bonds is 6. The van der Waals surface area contributed by atoms with Crippen LogP contribution in [0, 0.1) is 0 Å². The summed E-state index contributed by atoms with van der Waals surface area (Å²) in [7, 11) is -2.46. The minimum absolute atomic E-state index is 0.112. The van der Waals surface area contributed by atoms with Gasteiger partial charge in [-0.15, -0.1) is 0 Å². The van der Waals surface area contributed by atoms with Crippen LogP contribution in [-0.2, 0) is 25.2 Å². The lowest BCUT2D eigenvalue weighted by Crippen LogP contribution is -2.33. The largest absolute Gasteiger partial charge is 0.466 e. The van der Waals surface area contributed by atoms with Crippen molar-refractivity contribution in [2.45, 2.75) is 37.1 Å². The first kappa shape index (κ1) is 15.6. The molecule has 1 saturated carbocycles. The lowest BCUT2D eigenvalue weighted by atomic mass is 9.99. The summed E-state index contributed by atoms with van der Waals surface area (Å²) in [5.74, 6) is -1.21. The summed E-state index contributed by atoms with van der Waals surface area (Å²) in [5.41, 5.74) is -2.74. The molecule has 1 fully saturated rings. The monoisotopic (exact) mass is 317 g/mol. The summed E-state index contributed by atoms with van der Waals surface area (Å²) in [4.78, 5) is 19.2. The first-order valence-corrected chi connectivity index (χ1v) is 7.99. The highest BCUT2D eigenvalue weighted by Crippen LogP contribution is 2.32. The summed E-state index contributed by atoms with van der Waals surface area (Å²) in [6.45, 7) is 1.46. The van der Waals surface area contributed by atoms with E-state index in [2.05, 4.69) is 19.4 Å². The highest BCUT2D eigenvalue weighted by molar-refractivity contribution is 7.93. The fourth-order valence-electron chi connectivity index (χ4n) is 1.81. The molecule has 0 aliphatic heterocycles. The van der Waals surface area contributed by atoms with E-state index in [-0.39, 0.29) is 17.9 Å². The van der Waals surface area contributed by atoms with Gasteiger partial charge in [-0.05, 0) is 19.3 Å². The van der Waals surface area contributed by atoms with Crippen molar-refractivity contribution < 1.29 is 22.3 Å². The number of esters is 1. The number of nitrogens with one attached hydrogen (secondary N) is 1. The zero-order valence-electron chi connectivity index (χ0n) is 11.7. The molecule has 0 bridgehead atoms. The second kappa shape index (κ2) is 5.55. The fourth-order valence-corrected chi connectivity index (χ4v) is 3.12. The van der Waals surface area contributed by atoms with Crippen molar-refractivity contribution in [3.8, 4) is 0 Å². The molecule has 1 aromatic rings. The van der Waals surface area contributed by atoms with E-state index in [0.29, 0.717) is 12.8 Å². The van der Waals surface area contributed by atoms with Gasteiger partial charge in [0.05, 0.1) is 24.8 Å². The Labute approximate surface area is 122 Å². The van der Waals surface area contributed by atoms with Crippen molar-refractivity contribution in [2.24, 2.45) is 0 Å². The van der Waals surface area contributed by atoms with Crippen LogP contribution >= 0.6 is 0 Å². The highest BCUT2D eigenvalue weighted by Gasteiger charge is 2.42. The molecule has 0 aromatic carbocycles. The minimum atomic E-state index is -3.53. The predicted molar refractivity (Wildman–Crippen MR) is 72.7 cm³/mol. The molecule has 1 N–H and O–H groups in total. The molecular formula is C12H16FN3O4S. The lowest BCUT2D eigenvalue weighted by Gasteiger charge is -2.20. The van der Waals surface area contributed by atoms with E-state index in [9.17, 15) is 17.6 Å². The number of hydrogen-bond donors (Lipinski definition) is 1. The summed E-state index contributed by atoms with van der Waals surface area (Å²) in [6, 6.07) is 0. The van der Waals surface area contributed by atoms with E-state index in [4.69, 9.17) is 0 Å². The molecule has 0 radical (unpaired) electrons. The third kappa shape index (κ3) is 3.12. The smallest absolute Gasteiger partial charge is 0.350 e. The standard InChI is InChI=1S/C12H16FN3O4S/c1-3-12(13,11(17)20-2)9-6-14-7-10(15-9)16-21(18,19)8-4-5-8/h6-8H,3-5H2,1-2H3,(H,15,16). The number of carbonyl (C=O) groups is 1. The average Bonchev–Trinajstić information content (AvgIpc) is 3.30. The van der Waals surface area contributed by atoms with Crippen LogP contribution in [0.5, 0.6) is 0 Å². The zero-order valence-corrected chi connectivity index (χ0v) is 12.5. The molecule has 0 amide bonds. The molecule has 116 valence electrons. The number of hydrogen-bond acceptors (Lipinski definition) is 6. The molecule has 21 heavy (non-hydrogen) atoms. The van der Waals surface area contributed by atoms with Crippen LogP contribution in [0.2, 0.25) is 0 Å². The molecular weight excluding hydrogens is 301 g/mol. The maximum absolute atomic E-state index is 14.7. The Morgan fingerprint density at radius 2 is 2.19 bits per heavy atom. The van der Waals surface area contributed by atoms with Gasteiger partial charge in [0.15, 0.2) is 5.82 Å². The van der Waals surface area contributed by atoms with E-state index in [0.717, 1.165) is 19.5 Å². The Kier molecular flexibility index (Phi) is 4.13. The molecule has 1 unspecified atom stereocenters. The maximum atomic E-state index is 14.7. The first-order valence-electron chi connectivity index (χ1n) is 6.45. The number of sulfonamides is 1. The fraction of sp³-hybridized carbons (Fsp3) is 0.583. The molecule has 0 saturated heterocycles. The van der Waals surface area contributed by atoms with Gasteiger partial charge in [0, 0.05) is 0 Å². The van der Waals surface area contributed by atoms with Gasteiger partial charge in [0.2, 0.25) is 15.7 Å². The maximum Gasteiger partial charge on any atom is 0.350 e. The number of ether oxygens (including phenoxy) is 1. The molecule has 1 heterocycles. The Morgan fingerprint density at radius 3 is 2.71 bits per heavy atom. The van der Waals surface area contributed by atoms with Gasteiger partial charge in [-0.1, -0.05) is 6.92 Å². The van der Waals surface area contributed by atoms with Crippen LogP contribution in [-0.4, -0.2) is 36.7 Å². The normalized spacial score (nSPS) is 17.9. The number of anilines is 1. The van der Waals surface area contributed by atoms with Crippen LogP contribution < -0.4 is 4.72 Å². The van der Waals surface area contributed by atoms with Gasteiger partial charge >= 0.3 is 5.97 Å². The topological polar surface area (TPSA) is 98.2 Å². The summed E-state index contributed by atoms with van der Waals surface area (Å²) >= 11 is 0. The van der Waals surface area contributed by atoms with E-state index in [1.807, 2.05) is 0 Å². The first-order chi connectivity index (χ1) is 9.83. The van der Waals surface area contributed by atoms with E-state index in [1.165, 1.54) is 6.92 Å². The molecule has 7 nitrogen and oxygen atoms in total. The zero-order chi connectivity index (χ0) is 15.7. The Bertz CT molecular complexity index is 648. The summed E-state index contributed by atoms with van der Waals surface area (Å²) in [5, 5.41) is -0.440. The average molecular weight is 317 g/mol. The van der Waals surface area contributed by atoms with E-state index < -0.39 is 26.9 Å². The van der Waals surface area contributed by atoms with Crippen molar-refractivity contribution >= 4 is 21.8 Å². The second-order valence-electron chi connectivity index (χ2n) is 4.78. The van der Waals surface area contributed by atoms with Crippen molar-refractivity contribution in [2.75, 3.05) is 11.8 Å². The minimum Gasteiger partial charge on any atom is -0.466 e. The molecule has 1 aliphatic carbocycles. The number of halogens is 1. The molecule has 1 aliphatic rings. The molecule has 9 heteroatoms. The van der Waals surface area contributed by atoms with Gasteiger partial charge in [0.25, 0.3) is 0 Å².